The minimum absolute atomic E-state index is 0.525. The molecule has 0 atom stereocenters. The van der Waals surface area contributed by atoms with Crippen molar-refractivity contribution in [2.45, 2.75) is 13.3 Å². The summed E-state index contributed by atoms with van der Waals surface area (Å²) in [5.41, 5.74) is 0. The number of benzene rings is 1. The van der Waals surface area contributed by atoms with Crippen molar-refractivity contribution in [2.24, 2.45) is 0 Å². The van der Waals surface area contributed by atoms with Crippen molar-refractivity contribution in [3.8, 4) is 11.5 Å². The Morgan fingerprint density at radius 3 is 1.94 bits per heavy atom. The summed E-state index contributed by atoms with van der Waals surface area (Å²) in [6.07, 6.45) is 0.982. The Hall–Kier alpha value is -0.260. The number of hydrogen-bond acceptors (Lipinski definition) is 3. The fourth-order valence-corrected chi connectivity index (χ4v) is 2.05. The van der Waals surface area contributed by atoms with E-state index >= 15 is 0 Å². The average molecular weight is 368 g/mol. The summed E-state index contributed by atoms with van der Waals surface area (Å²) in [7, 11) is 1.65. The molecule has 1 aromatic carbocycles. The van der Waals surface area contributed by atoms with Gasteiger partial charge in [0, 0.05) is 7.11 Å². The Morgan fingerprint density at radius 1 is 0.941 bits per heavy atom. The molecular weight excluding hydrogens is 352 g/mol. The van der Waals surface area contributed by atoms with Crippen molar-refractivity contribution in [1.82, 2.24) is 0 Å². The van der Waals surface area contributed by atoms with Gasteiger partial charge in [-0.15, -0.1) is 0 Å². The molecule has 1 rings (SSSR count). The molecule has 0 bridgehead atoms. The van der Waals surface area contributed by atoms with Crippen LogP contribution in [0.2, 0.25) is 0 Å². The Balaban J connectivity index is 2.71. The first-order chi connectivity index (χ1) is 8.19. The summed E-state index contributed by atoms with van der Waals surface area (Å²) in [6.45, 7) is 3.87. The topological polar surface area (TPSA) is 27.7 Å². The molecule has 0 amide bonds. The van der Waals surface area contributed by atoms with Gasteiger partial charge in [0.05, 0.1) is 22.2 Å². The summed E-state index contributed by atoms with van der Waals surface area (Å²) in [4.78, 5) is 0. The molecule has 0 aromatic heterocycles. The minimum atomic E-state index is 0.525. The summed E-state index contributed by atoms with van der Waals surface area (Å²) in [5.74, 6) is 1.59. The second kappa shape index (κ2) is 7.95. The molecule has 3 nitrogen and oxygen atoms in total. The van der Waals surface area contributed by atoms with Crippen LogP contribution in [0.3, 0.4) is 0 Å². The maximum absolute atomic E-state index is 5.59. The molecule has 0 aliphatic carbocycles. The zero-order valence-corrected chi connectivity index (χ0v) is 13.1. The highest BCUT2D eigenvalue weighted by molar-refractivity contribution is 9.11. The van der Waals surface area contributed by atoms with Crippen LogP contribution in [0.25, 0.3) is 0 Å². The molecule has 0 saturated heterocycles. The lowest BCUT2D eigenvalue weighted by Crippen LogP contribution is -2.05. The van der Waals surface area contributed by atoms with Gasteiger partial charge in [-0.25, -0.2) is 0 Å². The van der Waals surface area contributed by atoms with Gasteiger partial charge < -0.3 is 14.2 Å². The Morgan fingerprint density at radius 2 is 1.47 bits per heavy atom. The third kappa shape index (κ3) is 4.85. The number of halogens is 2. The van der Waals surface area contributed by atoms with Crippen molar-refractivity contribution < 1.29 is 14.2 Å². The van der Waals surface area contributed by atoms with E-state index < -0.39 is 0 Å². The van der Waals surface area contributed by atoms with Gasteiger partial charge in [0.1, 0.15) is 18.1 Å². The largest absolute Gasteiger partial charge is 0.492 e. The average Bonchev–Trinajstić information content (AvgIpc) is 2.31. The first-order valence-electron chi connectivity index (χ1n) is 5.42. The number of rotatable bonds is 7. The highest BCUT2D eigenvalue weighted by Gasteiger charge is 2.08. The van der Waals surface area contributed by atoms with Crippen LogP contribution in [0, 0.1) is 0 Å². The van der Waals surface area contributed by atoms with Crippen molar-refractivity contribution >= 4 is 31.9 Å². The molecule has 1 aromatic rings. The van der Waals surface area contributed by atoms with E-state index in [-0.39, 0.29) is 0 Å². The van der Waals surface area contributed by atoms with E-state index in [2.05, 4.69) is 38.8 Å². The molecule has 17 heavy (non-hydrogen) atoms. The van der Waals surface area contributed by atoms with E-state index in [1.165, 1.54) is 0 Å². The minimum Gasteiger partial charge on any atom is -0.492 e. The monoisotopic (exact) mass is 366 g/mol. The lowest BCUT2D eigenvalue weighted by Gasteiger charge is -2.12. The van der Waals surface area contributed by atoms with Crippen LogP contribution in [0.5, 0.6) is 11.5 Å². The fraction of sp³-hybridized carbons (Fsp3) is 0.500. The lowest BCUT2D eigenvalue weighted by molar-refractivity contribution is 0.146. The molecule has 0 spiro atoms. The molecule has 5 heteroatoms. The van der Waals surface area contributed by atoms with E-state index in [4.69, 9.17) is 14.2 Å². The number of ether oxygens (including phenoxy) is 3. The van der Waals surface area contributed by atoms with Gasteiger partial charge in [-0.3, -0.25) is 0 Å². The second-order valence-corrected chi connectivity index (χ2v) is 5.11. The maximum Gasteiger partial charge on any atom is 0.134 e. The first-order valence-corrected chi connectivity index (χ1v) is 7.01. The molecule has 96 valence electrons. The second-order valence-electron chi connectivity index (χ2n) is 3.40. The highest BCUT2D eigenvalue weighted by Crippen LogP contribution is 2.36. The van der Waals surface area contributed by atoms with Crippen molar-refractivity contribution in [3.05, 3.63) is 21.1 Å². The van der Waals surface area contributed by atoms with Gasteiger partial charge in [-0.05, 0) is 50.4 Å². The molecule has 0 N–H and O–H groups in total. The first kappa shape index (κ1) is 14.8. The van der Waals surface area contributed by atoms with Crippen LogP contribution in [-0.2, 0) is 4.74 Å². The zero-order chi connectivity index (χ0) is 12.7. The van der Waals surface area contributed by atoms with Crippen molar-refractivity contribution in [3.63, 3.8) is 0 Å². The smallest absolute Gasteiger partial charge is 0.134 e. The van der Waals surface area contributed by atoms with Crippen LogP contribution < -0.4 is 9.47 Å². The van der Waals surface area contributed by atoms with E-state index in [1.54, 1.807) is 7.11 Å². The molecule has 0 fully saturated rings. The van der Waals surface area contributed by atoms with Gasteiger partial charge in [0.15, 0.2) is 0 Å². The highest BCUT2D eigenvalue weighted by atomic mass is 79.9. The summed E-state index contributed by atoms with van der Waals surface area (Å²) >= 11 is 6.92. The normalized spacial score (nSPS) is 10.4. The fourth-order valence-electron chi connectivity index (χ4n) is 1.18. The Labute approximate surface area is 119 Å². The maximum atomic E-state index is 5.59. The van der Waals surface area contributed by atoms with Crippen molar-refractivity contribution in [1.29, 1.82) is 0 Å². The molecule has 0 aliphatic rings. The van der Waals surface area contributed by atoms with Crippen LogP contribution in [0.1, 0.15) is 13.3 Å². The molecule has 0 aliphatic heterocycles. The molecule has 0 saturated carbocycles. The Kier molecular flexibility index (Phi) is 6.92. The Bertz CT molecular complexity index is 356. The van der Waals surface area contributed by atoms with E-state index in [0.29, 0.717) is 19.8 Å². The summed E-state index contributed by atoms with van der Waals surface area (Å²) in [5, 5.41) is 0. The van der Waals surface area contributed by atoms with Crippen LogP contribution in [0.15, 0.2) is 21.1 Å². The standard InChI is InChI=1S/C12H16Br2O3/c1-3-4-16-11-7-10(14)12(8-9(11)13)17-6-5-15-2/h7-8H,3-6H2,1-2H3. The van der Waals surface area contributed by atoms with Gasteiger partial charge in [0.25, 0.3) is 0 Å². The van der Waals surface area contributed by atoms with E-state index in [0.717, 1.165) is 26.9 Å². The summed E-state index contributed by atoms with van der Waals surface area (Å²) in [6, 6.07) is 3.80. The quantitative estimate of drug-likeness (QED) is 0.681. The van der Waals surface area contributed by atoms with Crippen LogP contribution >= 0.6 is 31.9 Å². The molecule has 0 heterocycles. The van der Waals surface area contributed by atoms with Gasteiger partial charge in [-0.2, -0.15) is 0 Å². The van der Waals surface area contributed by atoms with E-state index in [9.17, 15) is 0 Å². The number of methoxy groups -OCH3 is 1. The van der Waals surface area contributed by atoms with Gasteiger partial charge in [-0.1, -0.05) is 6.92 Å². The predicted octanol–water partition coefficient (Wildman–Crippen LogP) is 4.03. The lowest BCUT2D eigenvalue weighted by atomic mass is 10.3. The third-order valence-electron chi connectivity index (χ3n) is 1.99. The molecule has 0 radical (unpaired) electrons. The van der Waals surface area contributed by atoms with Gasteiger partial charge in [0.2, 0.25) is 0 Å². The van der Waals surface area contributed by atoms with Crippen LogP contribution in [0.4, 0.5) is 0 Å². The van der Waals surface area contributed by atoms with Crippen molar-refractivity contribution in [2.75, 3.05) is 26.9 Å². The SMILES string of the molecule is CCCOc1cc(Br)c(OCCOC)cc1Br. The zero-order valence-electron chi connectivity index (χ0n) is 9.96. The van der Waals surface area contributed by atoms with Crippen LogP contribution in [-0.4, -0.2) is 26.9 Å². The predicted molar refractivity (Wildman–Crippen MR) is 75.0 cm³/mol. The molecular formula is C12H16Br2O3. The molecule has 0 unspecified atom stereocenters. The van der Waals surface area contributed by atoms with Gasteiger partial charge >= 0.3 is 0 Å². The third-order valence-corrected chi connectivity index (χ3v) is 3.23. The number of hydrogen-bond donors (Lipinski definition) is 0. The van der Waals surface area contributed by atoms with E-state index in [1.807, 2.05) is 12.1 Å². The summed E-state index contributed by atoms with van der Waals surface area (Å²) < 4.78 is 17.9.